The second-order valence-electron chi connectivity index (χ2n) is 8.27. The quantitative estimate of drug-likeness (QED) is 0.791. The number of carboxylic acids is 1. The standard InChI is InChI=1S/C18H30N2O5S/c1-13-9-15(18(22)23)11-20(10-13)26(24,25)16-7-4-8-19(12-16)17(21)14-5-2-3-6-14/h13-16H,2-12H2,1H3,(H,22,23). The molecular formula is C18H30N2O5S. The van der Waals surface area contributed by atoms with Gasteiger partial charge in [-0.05, 0) is 38.0 Å². The first-order chi connectivity index (χ1) is 12.3. The normalized spacial score (nSPS) is 31.9. The summed E-state index contributed by atoms with van der Waals surface area (Å²) in [6.45, 7) is 3.21. The minimum Gasteiger partial charge on any atom is -0.481 e. The third-order valence-corrected chi connectivity index (χ3v) is 8.40. The number of sulfonamides is 1. The van der Waals surface area contributed by atoms with Crippen LogP contribution in [0, 0.1) is 17.8 Å². The number of aliphatic carboxylic acids is 1. The first-order valence-corrected chi connectivity index (χ1v) is 11.3. The summed E-state index contributed by atoms with van der Waals surface area (Å²) in [7, 11) is -3.60. The van der Waals surface area contributed by atoms with Gasteiger partial charge in [-0.1, -0.05) is 19.8 Å². The molecule has 0 radical (unpaired) electrons. The van der Waals surface area contributed by atoms with E-state index in [2.05, 4.69) is 0 Å². The topological polar surface area (TPSA) is 95.0 Å². The second-order valence-corrected chi connectivity index (χ2v) is 10.5. The van der Waals surface area contributed by atoms with Gasteiger partial charge in [-0.25, -0.2) is 12.7 Å². The lowest BCUT2D eigenvalue weighted by molar-refractivity contribution is -0.143. The molecule has 1 amide bonds. The third kappa shape index (κ3) is 4.06. The van der Waals surface area contributed by atoms with Crippen LogP contribution < -0.4 is 0 Å². The summed E-state index contributed by atoms with van der Waals surface area (Å²) in [6.07, 6.45) is 5.72. The van der Waals surface area contributed by atoms with E-state index < -0.39 is 27.2 Å². The van der Waals surface area contributed by atoms with E-state index in [9.17, 15) is 23.1 Å². The SMILES string of the molecule is CC1CC(C(=O)O)CN(S(=O)(=O)C2CCCN(C(=O)C3CCCC3)C2)C1. The van der Waals surface area contributed by atoms with E-state index in [1.165, 1.54) is 4.31 Å². The highest BCUT2D eigenvalue weighted by molar-refractivity contribution is 7.89. The molecule has 0 bridgehead atoms. The third-order valence-electron chi connectivity index (χ3n) is 6.15. The molecule has 3 fully saturated rings. The van der Waals surface area contributed by atoms with Gasteiger partial charge in [-0.2, -0.15) is 0 Å². The van der Waals surface area contributed by atoms with Gasteiger partial charge in [0.2, 0.25) is 15.9 Å². The highest BCUT2D eigenvalue weighted by atomic mass is 32.2. The van der Waals surface area contributed by atoms with Crippen molar-refractivity contribution >= 4 is 21.9 Å². The van der Waals surface area contributed by atoms with E-state index in [4.69, 9.17) is 0 Å². The van der Waals surface area contributed by atoms with Gasteiger partial charge in [-0.15, -0.1) is 0 Å². The molecule has 26 heavy (non-hydrogen) atoms. The molecule has 148 valence electrons. The number of carbonyl (C=O) groups is 2. The number of rotatable bonds is 4. The molecule has 2 aliphatic heterocycles. The van der Waals surface area contributed by atoms with Crippen molar-refractivity contribution < 1.29 is 23.1 Å². The van der Waals surface area contributed by atoms with E-state index >= 15 is 0 Å². The van der Waals surface area contributed by atoms with Crippen molar-refractivity contribution in [2.75, 3.05) is 26.2 Å². The number of piperidine rings is 2. The molecule has 0 aromatic heterocycles. The number of hydrogen-bond donors (Lipinski definition) is 1. The molecule has 2 heterocycles. The maximum Gasteiger partial charge on any atom is 0.307 e. The van der Waals surface area contributed by atoms with Gasteiger partial charge in [0.25, 0.3) is 0 Å². The van der Waals surface area contributed by atoms with E-state index in [0.717, 1.165) is 25.7 Å². The fourth-order valence-corrected chi connectivity index (χ4v) is 6.82. The van der Waals surface area contributed by atoms with Crippen molar-refractivity contribution in [3.05, 3.63) is 0 Å². The minimum absolute atomic E-state index is 0.0273. The molecule has 7 nitrogen and oxygen atoms in total. The van der Waals surface area contributed by atoms with Crippen molar-refractivity contribution in [2.45, 2.75) is 57.1 Å². The Morgan fingerprint density at radius 3 is 2.31 bits per heavy atom. The van der Waals surface area contributed by atoms with Crippen LogP contribution in [0.4, 0.5) is 0 Å². The Morgan fingerprint density at radius 1 is 0.962 bits per heavy atom. The first-order valence-electron chi connectivity index (χ1n) is 9.79. The van der Waals surface area contributed by atoms with E-state index in [1.807, 2.05) is 6.92 Å². The average molecular weight is 387 g/mol. The summed E-state index contributed by atoms with van der Waals surface area (Å²) in [4.78, 5) is 25.8. The summed E-state index contributed by atoms with van der Waals surface area (Å²) >= 11 is 0. The molecule has 1 N–H and O–H groups in total. The molecule has 3 atom stereocenters. The zero-order valence-corrected chi connectivity index (χ0v) is 16.3. The van der Waals surface area contributed by atoms with Crippen LogP contribution in [0.15, 0.2) is 0 Å². The zero-order chi connectivity index (χ0) is 18.9. The van der Waals surface area contributed by atoms with Crippen LogP contribution in [0.2, 0.25) is 0 Å². The average Bonchev–Trinajstić information content (AvgIpc) is 3.15. The van der Waals surface area contributed by atoms with Crippen molar-refractivity contribution in [3.63, 3.8) is 0 Å². The summed E-state index contributed by atoms with van der Waals surface area (Å²) in [6, 6.07) is 0. The van der Waals surface area contributed by atoms with Crippen LogP contribution in [-0.4, -0.2) is 66.0 Å². The molecule has 0 aromatic rings. The predicted octanol–water partition coefficient (Wildman–Crippen LogP) is 1.54. The number of carboxylic acid groups (broad SMARTS) is 1. The number of nitrogens with zero attached hydrogens (tertiary/aromatic N) is 2. The fraction of sp³-hybridized carbons (Fsp3) is 0.889. The summed E-state index contributed by atoms with van der Waals surface area (Å²) in [5.41, 5.74) is 0. The van der Waals surface area contributed by atoms with Gasteiger partial charge in [0.05, 0.1) is 11.2 Å². The maximum absolute atomic E-state index is 13.1. The lowest BCUT2D eigenvalue weighted by Gasteiger charge is -2.39. The zero-order valence-electron chi connectivity index (χ0n) is 15.5. The van der Waals surface area contributed by atoms with Crippen LogP contribution in [0.25, 0.3) is 0 Å². The summed E-state index contributed by atoms with van der Waals surface area (Å²) in [5.74, 6) is -1.38. The Hall–Kier alpha value is -1.15. The van der Waals surface area contributed by atoms with Gasteiger partial charge in [-0.3, -0.25) is 9.59 Å². The number of carbonyl (C=O) groups excluding carboxylic acids is 1. The van der Waals surface area contributed by atoms with Gasteiger partial charge >= 0.3 is 5.97 Å². The molecule has 0 spiro atoms. The molecule has 8 heteroatoms. The highest BCUT2D eigenvalue weighted by Gasteiger charge is 2.42. The Balaban J connectivity index is 1.69. The summed E-state index contributed by atoms with van der Waals surface area (Å²) < 4.78 is 27.6. The number of hydrogen-bond acceptors (Lipinski definition) is 4. The van der Waals surface area contributed by atoms with E-state index in [1.54, 1.807) is 4.90 Å². The number of amides is 1. The van der Waals surface area contributed by atoms with Crippen molar-refractivity contribution in [2.24, 2.45) is 17.8 Å². The molecule has 1 aliphatic carbocycles. The van der Waals surface area contributed by atoms with Crippen molar-refractivity contribution in [1.29, 1.82) is 0 Å². The smallest absolute Gasteiger partial charge is 0.307 e. The molecule has 1 saturated carbocycles. The largest absolute Gasteiger partial charge is 0.481 e. The molecule has 3 unspecified atom stereocenters. The molecule has 0 aromatic carbocycles. The van der Waals surface area contributed by atoms with Crippen LogP contribution in [0.3, 0.4) is 0 Å². The van der Waals surface area contributed by atoms with Crippen LogP contribution in [0.5, 0.6) is 0 Å². The highest BCUT2D eigenvalue weighted by Crippen LogP contribution is 2.31. The van der Waals surface area contributed by atoms with E-state index in [0.29, 0.717) is 32.4 Å². The second kappa shape index (κ2) is 7.84. The molecule has 3 rings (SSSR count). The Labute approximate surface area is 155 Å². The van der Waals surface area contributed by atoms with Crippen LogP contribution >= 0.6 is 0 Å². The van der Waals surface area contributed by atoms with Crippen LogP contribution in [0.1, 0.15) is 51.9 Å². The van der Waals surface area contributed by atoms with Gasteiger partial charge in [0, 0.05) is 32.1 Å². The lowest BCUT2D eigenvalue weighted by Crippen LogP contribution is -2.53. The minimum atomic E-state index is -3.60. The Morgan fingerprint density at radius 2 is 1.65 bits per heavy atom. The monoisotopic (exact) mass is 386 g/mol. The molecule has 2 saturated heterocycles. The van der Waals surface area contributed by atoms with Crippen molar-refractivity contribution in [1.82, 2.24) is 9.21 Å². The summed E-state index contributed by atoms with van der Waals surface area (Å²) in [5, 5.41) is 8.70. The van der Waals surface area contributed by atoms with Gasteiger partial charge in [0.1, 0.15) is 0 Å². The molecular weight excluding hydrogens is 356 g/mol. The predicted molar refractivity (Wildman–Crippen MR) is 97.0 cm³/mol. The fourth-order valence-electron chi connectivity index (χ4n) is 4.71. The van der Waals surface area contributed by atoms with E-state index in [-0.39, 0.29) is 30.8 Å². The Bertz CT molecular complexity index is 644. The maximum atomic E-state index is 13.1. The van der Waals surface area contributed by atoms with Crippen LogP contribution in [-0.2, 0) is 19.6 Å². The first kappa shape index (κ1) is 19.6. The van der Waals surface area contributed by atoms with Gasteiger partial charge in [0.15, 0.2) is 0 Å². The number of likely N-dealkylation sites (tertiary alicyclic amines) is 1. The lowest BCUT2D eigenvalue weighted by atomic mass is 9.92. The van der Waals surface area contributed by atoms with Crippen molar-refractivity contribution in [3.8, 4) is 0 Å². The van der Waals surface area contributed by atoms with Gasteiger partial charge < -0.3 is 10.0 Å². The molecule has 3 aliphatic rings. The Kier molecular flexibility index (Phi) is 5.91.